The highest BCUT2D eigenvalue weighted by molar-refractivity contribution is 7.17. The van der Waals surface area contributed by atoms with Crippen molar-refractivity contribution in [2.45, 2.75) is 20.3 Å². The van der Waals surface area contributed by atoms with Crippen LogP contribution >= 0.6 is 11.3 Å². The second kappa shape index (κ2) is 5.31. The van der Waals surface area contributed by atoms with Crippen LogP contribution in [0.3, 0.4) is 0 Å². The molecule has 18 heavy (non-hydrogen) atoms. The van der Waals surface area contributed by atoms with E-state index in [1.165, 1.54) is 11.3 Å². The van der Waals surface area contributed by atoms with Gasteiger partial charge in [-0.2, -0.15) is 0 Å². The van der Waals surface area contributed by atoms with Gasteiger partial charge in [0.1, 0.15) is 10.8 Å². The molecule has 0 unspecified atom stereocenters. The second-order valence-electron chi connectivity index (χ2n) is 3.93. The van der Waals surface area contributed by atoms with Crippen molar-refractivity contribution < 1.29 is 9.53 Å². The molecule has 0 fully saturated rings. The van der Waals surface area contributed by atoms with Crippen LogP contribution in [0.15, 0.2) is 24.3 Å². The van der Waals surface area contributed by atoms with E-state index in [1.54, 1.807) is 14.0 Å². The maximum absolute atomic E-state index is 11.5. The Balaban J connectivity index is 2.40. The van der Waals surface area contributed by atoms with Crippen LogP contribution < -0.4 is 4.74 Å². The predicted octanol–water partition coefficient (Wildman–Crippen LogP) is 3.58. The monoisotopic (exact) mass is 261 g/mol. The number of carbonyl (C=O) groups excluding carboxylic acids is 1. The number of thiazole rings is 1. The van der Waals surface area contributed by atoms with Crippen molar-refractivity contribution in [3.05, 3.63) is 34.8 Å². The minimum Gasteiger partial charge on any atom is -0.497 e. The minimum atomic E-state index is 0.0871. The Labute approximate surface area is 110 Å². The molecule has 0 aliphatic heterocycles. The fraction of sp³-hybridized carbons (Fsp3) is 0.286. The predicted molar refractivity (Wildman–Crippen MR) is 73.5 cm³/mol. The van der Waals surface area contributed by atoms with E-state index >= 15 is 0 Å². The average molecular weight is 261 g/mol. The third-order valence-electron chi connectivity index (χ3n) is 2.69. The van der Waals surface area contributed by atoms with Crippen LogP contribution in [0.25, 0.3) is 10.6 Å². The van der Waals surface area contributed by atoms with E-state index in [2.05, 4.69) is 4.98 Å². The van der Waals surface area contributed by atoms with Crippen LogP contribution in [-0.4, -0.2) is 17.9 Å². The molecular weight excluding hydrogens is 246 g/mol. The van der Waals surface area contributed by atoms with Gasteiger partial charge in [-0.25, -0.2) is 4.98 Å². The van der Waals surface area contributed by atoms with Gasteiger partial charge < -0.3 is 4.74 Å². The van der Waals surface area contributed by atoms with Crippen LogP contribution in [-0.2, 0) is 6.42 Å². The SMILES string of the molecule is CCc1nc(-c2ccc(OC)cc2)sc1C(C)=O. The number of nitrogens with zero attached hydrogens (tertiary/aromatic N) is 1. The molecule has 1 heterocycles. The first-order valence-electron chi connectivity index (χ1n) is 5.80. The summed E-state index contributed by atoms with van der Waals surface area (Å²) in [6.07, 6.45) is 0.779. The van der Waals surface area contributed by atoms with Gasteiger partial charge in [-0.05, 0) is 30.7 Å². The lowest BCUT2D eigenvalue weighted by atomic mass is 10.2. The lowest BCUT2D eigenvalue weighted by molar-refractivity contribution is 0.102. The molecule has 0 atom stereocenters. The zero-order chi connectivity index (χ0) is 13.1. The van der Waals surface area contributed by atoms with Gasteiger partial charge in [0.15, 0.2) is 5.78 Å². The Hall–Kier alpha value is -1.68. The number of aryl methyl sites for hydroxylation is 1. The number of carbonyl (C=O) groups is 1. The summed E-state index contributed by atoms with van der Waals surface area (Å²) in [5.41, 5.74) is 1.90. The highest BCUT2D eigenvalue weighted by Gasteiger charge is 2.14. The third kappa shape index (κ3) is 2.43. The van der Waals surface area contributed by atoms with Gasteiger partial charge in [-0.15, -0.1) is 11.3 Å². The summed E-state index contributed by atoms with van der Waals surface area (Å²) in [4.78, 5) is 16.8. The number of Topliss-reactive ketones (excluding diaryl/α,β-unsaturated/α-hetero) is 1. The molecule has 0 bridgehead atoms. The quantitative estimate of drug-likeness (QED) is 0.790. The average Bonchev–Trinajstić information content (AvgIpc) is 2.83. The largest absolute Gasteiger partial charge is 0.497 e. The maximum atomic E-state index is 11.5. The topological polar surface area (TPSA) is 39.2 Å². The van der Waals surface area contributed by atoms with E-state index in [0.29, 0.717) is 0 Å². The van der Waals surface area contributed by atoms with Crippen molar-refractivity contribution in [1.82, 2.24) is 4.98 Å². The molecule has 4 heteroatoms. The molecule has 1 aromatic heterocycles. The Morgan fingerprint density at radius 1 is 1.33 bits per heavy atom. The molecule has 2 aromatic rings. The Morgan fingerprint density at radius 2 is 2.00 bits per heavy atom. The van der Waals surface area contributed by atoms with Crippen LogP contribution in [0.4, 0.5) is 0 Å². The van der Waals surface area contributed by atoms with Crippen LogP contribution in [0, 0.1) is 0 Å². The standard InChI is InChI=1S/C14H15NO2S/c1-4-12-13(9(2)16)18-14(15-12)10-5-7-11(17-3)8-6-10/h5-8H,4H2,1-3H3. The molecule has 0 saturated heterocycles. The number of methoxy groups -OCH3 is 1. The van der Waals surface area contributed by atoms with E-state index < -0.39 is 0 Å². The number of ether oxygens (including phenoxy) is 1. The highest BCUT2D eigenvalue weighted by Crippen LogP contribution is 2.29. The van der Waals surface area contributed by atoms with Crippen molar-refractivity contribution in [2.24, 2.45) is 0 Å². The van der Waals surface area contributed by atoms with Crippen molar-refractivity contribution in [3.8, 4) is 16.3 Å². The van der Waals surface area contributed by atoms with Gasteiger partial charge in [0, 0.05) is 12.5 Å². The highest BCUT2D eigenvalue weighted by atomic mass is 32.1. The molecule has 0 radical (unpaired) electrons. The number of benzene rings is 1. The molecular formula is C14H15NO2S. The molecule has 2 rings (SSSR count). The normalized spacial score (nSPS) is 10.4. The molecule has 94 valence electrons. The van der Waals surface area contributed by atoms with E-state index in [0.717, 1.165) is 33.3 Å². The molecule has 0 spiro atoms. The van der Waals surface area contributed by atoms with Crippen molar-refractivity contribution in [1.29, 1.82) is 0 Å². The smallest absolute Gasteiger partial charge is 0.171 e. The first-order valence-corrected chi connectivity index (χ1v) is 6.62. The minimum absolute atomic E-state index is 0.0871. The molecule has 0 amide bonds. The molecule has 0 saturated carbocycles. The first kappa shape index (κ1) is 12.8. The zero-order valence-electron chi connectivity index (χ0n) is 10.7. The number of hydrogen-bond donors (Lipinski definition) is 0. The van der Waals surface area contributed by atoms with Crippen LogP contribution in [0.1, 0.15) is 29.2 Å². The zero-order valence-corrected chi connectivity index (χ0v) is 11.5. The number of ketones is 1. The van der Waals surface area contributed by atoms with Gasteiger partial charge in [0.05, 0.1) is 17.7 Å². The van der Waals surface area contributed by atoms with E-state index in [4.69, 9.17) is 4.74 Å². The van der Waals surface area contributed by atoms with Gasteiger partial charge in [-0.3, -0.25) is 4.79 Å². The van der Waals surface area contributed by atoms with Crippen molar-refractivity contribution in [3.63, 3.8) is 0 Å². The summed E-state index contributed by atoms with van der Waals surface area (Å²) in [7, 11) is 1.64. The Bertz CT molecular complexity index is 558. The summed E-state index contributed by atoms with van der Waals surface area (Å²) in [6.45, 7) is 3.60. The molecule has 0 aliphatic rings. The molecule has 0 N–H and O–H groups in total. The van der Waals surface area contributed by atoms with E-state index in [9.17, 15) is 4.79 Å². The molecule has 3 nitrogen and oxygen atoms in total. The van der Waals surface area contributed by atoms with Crippen molar-refractivity contribution in [2.75, 3.05) is 7.11 Å². The Morgan fingerprint density at radius 3 is 2.44 bits per heavy atom. The van der Waals surface area contributed by atoms with Gasteiger partial charge in [0.2, 0.25) is 0 Å². The fourth-order valence-corrected chi connectivity index (χ4v) is 2.78. The van der Waals surface area contributed by atoms with Crippen molar-refractivity contribution >= 4 is 17.1 Å². The number of aromatic nitrogens is 1. The van der Waals surface area contributed by atoms with E-state index in [1.807, 2.05) is 31.2 Å². The lowest BCUT2D eigenvalue weighted by Gasteiger charge is -1.99. The Kier molecular flexibility index (Phi) is 3.77. The summed E-state index contributed by atoms with van der Waals surface area (Å²) in [5.74, 6) is 0.905. The molecule has 0 aliphatic carbocycles. The van der Waals surface area contributed by atoms with Crippen LogP contribution in [0.2, 0.25) is 0 Å². The van der Waals surface area contributed by atoms with Crippen LogP contribution in [0.5, 0.6) is 5.75 Å². The maximum Gasteiger partial charge on any atom is 0.171 e. The van der Waals surface area contributed by atoms with Gasteiger partial charge in [0.25, 0.3) is 0 Å². The summed E-state index contributed by atoms with van der Waals surface area (Å²) in [5, 5.41) is 0.889. The number of hydrogen-bond acceptors (Lipinski definition) is 4. The van der Waals surface area contributed by atoms with Gasteiger partial charge >= 0.3 is 0 Å². The summed E-state index contributed by atoms with van der Waals surface area (Å²) in [6, 6.07) is 7.72. The summed E-state index contributed by atoms with van der Waals surface area (Å²) < 4.78 is 5.12. The lowest BCUT2D eigenvalue weighted by Crippen LogP contribution is -1.93. The molecule has 1 aromatic carbocycles. The third-order valence-corrected chi connectivity index (χ3v) is 3.94. The summed E-state index contributed by atoms with van der Waals surface area (Å²) >= 11 is 1.46. The second-order valence-corrected chi connectivity index (χ2v) is 4.93. The first-order chi connectivity index (χ1) is 8.65. The number of rotatable bonds is 4. The van der Waals surface area contributed by atoms with Gasteiger partial charge in [-0.1, -0.05) is 6.92 Å². The van der Waals surface area contributed by atoms with E-state index in [-0.39, 0.29) is 5.78 Å². The fourth-order valence-electron chi connectivity index (χ4n) is 1.72.